The summed E-state index contributed by atoms with van der Waals surface area (Å²) in [6.07, 6.45) is 5.73. The Balaban J connectivity index is 1.54. The number of Topliss-reactive ketones (excluding diaryl/α,β-unsaturated/α-hetero) is 2. The van der Waals surface area contributed by atoms with E-state index in [0.29, 0.717) is 31.4 Å². The maximum absolute atomic E-state index is 14.2. The topological polar surface area (TPSA) is 139 Å². The number of carboxylic acids is 1. The number of amides is 2. The van der Waals surface area contributed by atoms with Crippen molar-refractivity contribution in [2.75, 3.05) is 0 Å². The van der Waals surface area contributed by atoms with Gasteiger partial charge in [-0.3, -0.25) is 24.0 Å². The molecule has 1 unspecified atom stereocenters. The van der Waals surface area contributed by atoms with Crippen molar-refractivity contribution in [3.05, 3.63) is 28.7 Å². The van der Waals surface area contributed by atoms with Gasteiger partial charge in [-0.05, 0) is 74.6 Å². The molecule has 3 aliphatic rings. The van der Waals surface area contributed by atoms with Gasteiger partial charge in [-0.1, -0.05) is 49.0 Å². The number of hydrogen-bond donors (Lipinski definition) is 3. The standard InChI is InChI=1S/C32H43BrN2O7/c1-18(2)27(35-30(39)28(34-19(3)36)20-7-5-4-6-8-20)29(38)25-16-23(42-22-11-9-21(33)10-12-22)15-24(25)26(37)17-32(13-14-32)31(40)41/h9-12,18,20,23-25,27-28H,4-8,13-17H2,1-3H3,(H,34,36)(H,35,39)(H,40,41)/t23-,24-,25?,27+,28+/m1/s1. The van der Waals surface area contributed by atoms with Crippen LogP contribution in [-0.2, 0) is 24.0 Å². The highest BCUT2D eigenvalue weighted by molar-refractivity contribution is 9.10. The lowest BCUT2D eigenvalue weighted by Crippen LogP contribution is -2.56. The number of carbonyl (C=O) groups excluding carboxylic acids is 4. The molecule has 0 aliphatic heterocycles. The Morgan fingerprint density at radius 3 is 2.14 bits per heavy atom. The van der Waals surface area contributed by atoms with Crippen molar-refractivity contribution in [2.24, 2.45) is 29.1 Å². The maximum atomic E-state index is 14.2. The third-order valence-electron chi connectivity index (χ3n) is 9.27. The van der Waals surface area contributed by atoms with Gasteiger partial charge in [-0.25, -0.2) is 0 Å². The fraction of sp³-hybridized carbons (Fsp3) is 0.656. The third-order valence-corrected chi connectivity index (χ3v) is 9.80. The molecule has 3 N–H and O–H groups in total. The first-order valence-corrected chi connectivity index (χ1v) is 16.0. The molecule has 0 radical (unpaired) electrons. The van der Waals surface area contributed by atoms with Crippen molar-refractivity contribution in [3.63, 3.8) is 0 Å². The Morgan fingerprint density at radius 2 is 1.60 bits per heavy atom. The van der Waals surface area contributed by atoms with Crippen molar-refractivity contribution in [1.29, 1.82) is 0 Å². The van der Waals surface area contributed by atoms with E-state index in [0.717, 1.165) is 36.6 Å². The smallest absolute Gasteiger partial charge is 0.310 e. The molecule has 1 aromatic rings. The summed E-state index contributed by atoms with van der Waals surface area (Å²) in [5.74, 6) is -3.19. The van der Waals surface area contributed by atoms with Crippen LogP contribution in [-0.4, -0.2) is 52.6 Å². The van der Waals surface area contributed by atoms with E-state index >= 15 is 0 Å². The highest BCUT2D eigenvalue weighted by Crippen LogP contribution is 2.51. The number of benzene rings is 1. The Bertz CT molecular complexity index is 1170. The average Bonchev–Trinajstić information content (AvgIpc) is 3.61. The molecule has 2 amide bonds. The van der Waals surface area contributed by atoms with Crippen LogP contribution in [0.15, 0.2) is 28.7 Å². The van der Waals surface area contributed by atoms with Gasteiger partial charge in [0.25, 0.3) is 0 Å². The van der Waals surface area contributed by atoms with Gasteiger partial charge in [0.15, 0.2) is 5.78 Å². The lowest BCUT2D eigenvalue weighted by Gasteiger charge is -2.32. The molecule has 230 valence electrons. The van der Waals surface area contributed by atoms with Gasteiger partial charge in [0, 0.05) is 29.7 Å². The highest BCUT2D eigenvalue weighted by atomic mass is 79.9. The number of ketones is 2. The van der Waals surface area contributed by atoms with Gasteiger partial charge < -0.3 is 20.5 Å². The number of halogens is 1. The summed E-state index contributed by atoms with van der Waals surface area (Å²) in [6.45, 7) is 5.09. The second kappa shape index (κ2) is 13.7. The van der Waals surface area contributed by atoms with E-state index in [2.05, 4.69) is 26.6 Å². The van der Waals surface area contributed by atoms with Crippen LogP contribution >= 0.6 is 15.9 Å². The zero-order valence-electron chi connectivity index (χ0n) is 24.7. The zero-order chi connectivity index (χ0) is 30.6. The minimum absolute atomic E-state index is 0.000751. The fourth-order valence-electron chi connectivity index (χ4n) is 6.67. The largest absolute Gasteiger partial charge is 0.490 e. The normalized spacial score (nSPS) is 24.8. The summed E-state index contributed by atoms with van der Waals surface area (Å²) in [4.78, 5) is 65.2. The molecular weight excluding hydrogens is 604 g/mol. The van der Waals surface area contributed by atoms with E-state index in [1.807, 2.05) is 38.1 Å². The second-order valence-electron chi connectivity index (χ2n) is 12.8. The first kappa shape index (κ1) is 32.2. The average molecular weight is 648 g/mol. The molecule has 3 fully saturated rings. The lowest BCUT2D eigenvalue weighted by molar-refractivity contribution is -0.146. The predicted octanol–water partition coefficient (Wildman–Crippen LogP) is 4.84. The van der Waals surface area contributed by atoms with Crippen LogP contribution in [0.5, 0.6) is 5.75 Å². The van der Waals surface area contributed by atoms with Crippen LogP contribution in [0.25, 0.3) is 0 Å². The number of aliphatic carboxylic acids is 1. The van der Waals surface area contributed by atoms with Gasteiger partial charge in [-0.2, -0.15) is 0 Å². The summed E-state index contributed by atoms with van der Waals surface area (Å²) >= 11 is 3.41. The van der Waals surface area contributed by atoms with Gasteiger partial charge in [-0.15, -0.1) is 0 Å². The van der Waals surface area contributed by atoms with Crippen molar-refractivity contribution in [1.82, 2.24) is 10.6 Å². The third kappa shape index (κ3) is 7.79. The molecule has 0 aromatic heterocycles. The number of ether oxygens (including phenoxy) is 1. The summed E-state index contributed by atoms with van der Waals surface area (Å²) in [6, 6.07) is 5.73. The Kier molecular flexibility index (Phi) is 10.5. The Labute approximate surface area is 256 Å². The molecule has 0 spiro atoms. The summed E-state index contributed by atoms with van der Waals surface area (Å²) < 4.78 is 7.09. The van der Waals surface area contributed by atoms with E-state index < -0.39 is 41.4 Å². The second-order valence-corrected chi connectivity index (χ2v) is 13.7. The Morgan fingerprint density at radius 1 is 0.976 bits per heavy atom. The molecule has 3 aliphatic carbocycles. The SMILES string of the molecule is CC(=O)N[C@H](C(=O)N[C@H](C(=O)C1C[C@H](Oc2ccc(Br)cc2)C[C@H]1C(=O)CC1(C(=O)O)CC1)C(C)C)C1CCCCC1. The number of nitrogens with one attached hydrogen (secondary N) is 2. The molecule has 0 bridgehead atoms. The number of carboxylic acid groups (broad SMARTS) is 1. The van der Waals surface area contributed by atoms with Crippen molar-refractivity contribution >= 4 is 45.3 Å². The molecule has 4 rings (SSSR count). The van der Waals surface area contributed by atoms with Crippen molar-refractivity contribution < 1.29 is 33.8 Å². The van der Waals surface area contributed by atoms with E-state index in [1.165, 1.54) is 6.92 Å². The van der Waals surface area contributed by atoms with Crippen LogP contribution in [0.4, 0.5) is 0 Å². The quantitative estimate of drug-likeness (QED) is 0.279. The highest BCUT2D eigenvalue weighted by Gasteiger charge is 2.54. The first-order valence-electron chi connectivity index (χ1n) is 15.2. The number of rotatable bonds is 13. The lowest BCUT2D eigenvalue weighted by atomic mass is 9.79. The molecule has 1 aromatic carbocycles. The first-order chi connectivity index (χ1) is 19.9. The van der Waals surface area contributed by atoms with E-state index in [9.17, 15) is 29.1 Å². The summed E-state index contributed by atoms with van der Waals surface area (Å²) in [7, 11) is 0. The fourth-order valence-corrected chi connectivity index (χ4v) is 6.93. The van der Waals surface area contributed by atoms with Crippen LogP contribution in [0.3, 0.4) is 0 Å². The van der Waals surface area contributed by atoms with Gasteiger partial charge in [0.2, 0.25) is 11.8 Å². The monoisotopic (exact) mass is 646 g/mol. The van der Waals surface area contributed by atoms with Gasteiger partial charge >= 0.3 is 5.97 Å². The molecule has 3 saturated carbocycles. The predicted molar refractivity (Wildman–Crippen MR) is 160 cm³/mol. The van der Waals surface area contributed by atoms with E-state index in [1.54, 1.807) is 0 Å². The number of hydrogen-bond acceptors (Lipinski definition) is 6. The summed E-state index contributed by atoms with van der Waals surface area (Å²) in [5.41, 5.74) is -1.04. The molecule has 5 atom stereocenters. The van der Waals surface area contributed by atoms with Crippen LogP contribution in [0, 0.1) is 29.1 Å². The minimum Gasteiger partial charge on any atom is -0.490 e. The molecule has 9 nitrogen and oxygen atoms in total. The summed E-state index contributed by atoms with van der Waals surface area (Å²) in [5, 5.41) is 15.5. The van der Waals surface area contributed by atoms with E-state index in [-0.39, 0.29) is 41.6 Å². The van der Waals surface area contributed by atoms with Crippen molar-refractivity contribution in [3.8, 4) is 5.75 Å². The Hall–Kier alpha value is -2.75. The molecule has 42 heavy (non-hydrogen) atoms. The minimum atomic E-state index is -1.04. The van der Waals surface area contributed by atoms with Gasteiger partial charge in [0.05, 0.1) is 11.5 Å². The number of carbonyl (C=O) groups is 5. The van der Waals surface area contributed by atoms with Crippen LogP contribution < -0.4 is 15.4 Å². The molecule has 0 saturated heterocycles. The molecule has 10 heteroatoms. The van der Waals surface area contributed by atoms with Crippen LogP contribution in [0.1, 0.15) is 85.0 Å². The molecular formula is C32H43BrN2O7. The maximum Gasteiger partial charge on any atom is 0.310 e. The van der Waals surface area contributed by atoms with Crippen molar-refractivity contribution in [2.45, 2.75) is 103 Å². The van der Waals surface area contributed by atoms with Gasteiger partial charge in [0.1, 0.15) is 23.7 Å². The van der Waals surface area contributed by atoms with E-state index in [4.69, 9.17) is 4.74 Å². The zero-order valence-corrected chi connectivity index (χ0v) is 26.3. The molecule has 0 heterocycles. The van der Waals surface area contributed by atoms with Crippen LogP contribution in [0.2, 0.25) is 0 Å².